The van der Waals surface area contributed by atoms with Gasteiger partial charge in [0.15, 0.2) is 0 Å². The van der Waals surface area contributed by atoms with Gasteiger partial charge in [-0.05, 0) is 31.9 Å². The second-order valence-corrected chi connectivity index (χ2v) is 6.35. The molecule has 2 aromatic carbocycles. The van der Waals surface area contributed by atoms with Gasteiger partial charge in [0.2, 0.25) is 5.88 Å². The molecule has 3 nitrogen and oxygen atoms in total. The van der Waals surface area contributed by atoms with Crippen LogP contribution in [0.15, 0.2) is 48.5 Å². The van der Waals surface area contributed by atoms with Gasteiger partial charge >= 0.3 is 0 Å². The van der Waals surface area contributed by atoms with Gasteiger partial charge in [0.25, 0.3) is 0 Å². The number of aromatic nitrogens is 2. The molecule has 0 spiro atoms. The molecule has 0 saturated heterocycles. The zero-order valence-corrected chi connectivity index (χ0v) is 14.0. The molecule has 0 amide bonds. The number of hydrogen-bond donors (Lipinski definition) is 1. The van der Waals surface area contributed by atoms with Crippen LogP contribution in [0, 0.1) is 13.8 Å². The molecule has 0 saturated carbocycles. The molecule has 1 heterocycles. The third kappa shape index (κ3) is 2.87. The average Bonchev–Trinajstić information content (AvgIpc) is 2.86. The summed E-state index contributed by atoms with van der Waals surface area (Å²) >= 11 is 0. The number of aryl methyl sites for hydroxylation is 2. The molecule has 118 valence electrons. The lowest BCUT2D eigenvalue weighted by Crippen LogP contribution is -1.96. The molecule has 0 unspecified atom stereocenters. The minimum atomic E-state index is 0.186. The first-order chi connectivity index (χ1) is 11.0. The third-order valence-electron chi connectivity index (χ3n) is 4.08. The van der Waals surface area contributed by atoms with E-state index in [0.29, 0.717) is 0 Å². The van der Waals surface area contributed by atoms with Crippen LogP contribution in [0.1, 0.15) is 36.5 Å². The Labute approximate surface area is 137 Å². The molecule has 1 aromatic heterocycles. The van der Waals surface area contributed by atoms with E-state index in [2.05, 4.69) is 45.0 Å². The molecule has 3 rings (SSSR count). The summed E-state index contributed by atoms with van der Waals surface area (Å²) in [6.45, 7) is 8.27. The van der Waals surface area contributed by atoms with E-state index in [4.69, 9.17) is 5.10 Å². The first-order valence-electron chi connectivity index (χ1n) is 7.93. The maximum atomic E-state index is 10.7. The van der Waals surface area contributed by atoms with Crippen molar-refractivity contribution >= 4 is 0 Å². The minimum absolute atomic E-state index is 0.186. The van der Waals surface area contributed by atoms with E-state index in [0.717, 1.165) is 22.5 Å². The lowest BCUT2D eigenvalue weighted by Gasteiger charge is -2.07. The topological polar surface area (TPSA) is 38.0 Å². The number of hydrogen-bond acceptors (Lipinski definition) is 2. The predicted octanol–water partition coefficient (Wildman–Crippen LogP) is 4.99. The molecule has 0 atom stereocenters. The Morgan fingerprint density at radius 3 is 1.91 bits per heavy atom. The maximum Gasteiger partial charge on any atom is 0.218 e. The molecular formula is C20H22N2O. The molecule has 0 fully saturated rings. The van der Waals surface area contributed by atoms with Crippen LogP contribution in [0.25, 0.3) is 16.9 Å². The highest BCUT2D eigenvalue weighted by Gasteiger charge is 2.21. The van der Waals surface area contributed by atoms with Crippen LogP contribution in [0.2, 0.25) is 0 Å². The van der Waals surface area contributed by atoms with E-state index in [1.807, 2.05) is 31.2 Å². The van der Waals surface area contributed by atoms with E-state index in [9.17, 15) is 5.11 Å². The van der Waals surface area contributed by atoms with E-state index in [-0.39, 0.29) is 11.8 Å². The molecule has 0 aliphatic rings. The zero-order valence-electron chi connectivity index (χ0n) is 14.0. The Morgan fingerprint density at radius 2 is 1.39 bits per heavy atom. The van der Waals surface area contributed by atoms with Crippen LogP contribution in [0.3, 0.4) is 0 Å². The van der Waals surface area contributed by atoms with E-state index < -0.39 is 0 Å². The lowest BCUT2D eigenvalue weighted by molar-refractivity contribution is 0.425. The summed E-state index contributed by atoms with van der Waals surface area (Å²) in [6.07, 6.45) is 0. The predicted molar refractivity (Wildman–Crippen MR) is 94.2 cm³/mol. The van der Waals surface area contributed by atoms with Gasteiger partial charge in [-0.15, -0.1) is 0 Å². The smallest absolute Gasteiger partial charge is 0.218 e. The molecule has 0 aliphatic carbocycles. The number of aromatic hydroxyl groups is 1. The van der Waals surface area contributed by atoms with Crippen molar-refractivity contribution in [1.82, 2.24) is 9.78 Å². The summed E-state index contributed by atoms with van der Waals surface area (Å²) in [5, 5.41) is 15.4. The molecule has 0 bridgehead atoms. The zero-order chi connectivity index (χ0) is 16.6. The quantitative estimate of drug-likeness (QED) is 0.740. The van der Waals surface area contributed by atoms with Crippen LogP contribution in [0.5, 0.6) is 5.88 Å². The average molecular weight is 306 g/mol. The maximum absolute atomic E-state index is 10.7. The van der Waals surface area contributed by atoms with E-state index in [1.54, 1.807) is 4.68 Å². The second kappa shape index (κ2) is 5.92. The van der Waals surface area contributed by atoms with Crippen LogP contribution >= 0.6 is 0 Å². The summed E-state index contributed by atoms with van der Waals surface area (Å²) in [5.41, 5.74) is 6.02. The van der Waals surface area contributed by atoms with Gasteiger partial charge in [0, 0.05) is 11.1 Å². The Balaban J connectivity index is 2.18. The number of rotatable bonds is 3. The van der Waals surface area contributed by atoms with Gasteiger partial charge in [0.1, 0.15) is 5.69 Å². The fourth-order valence-corrected chi connectivity index (χ4v) is 2.74. The summed E-state index contributed by atoms with van der Waals surface area (Å²) in [7, 11) is 0. The highest BCUT2D eigenvalue weighted by molar-refractivity contribution is 5.67. The van der Waals surface area contributed by atoms with Crippen molar-refractivity contribution in [2.75, 3.05) is 0 Å². The second-order valence-electron chi connectivity index (χ2n) is 6.35. The standard InChI is InChI=1S/C20H22N2O/c1-13(2)18-19(16-9-5-14(3)6-10-16)21-22(20(18)23)17-11-7-15(4)8-12-17/h5-13,23H,1-4H3. The SMILES string of the molecule is Cc1ccc(-c2nn(-c3ccc(C)cc3)c(O)c2C(C)C)cc1. The van der Waals surface area contributed by atoms with Gasteiger partial charge in [-0.2, -0.15) is 5.10 Å². The summed E-state index contributed by atoms with van der Waals surface area (Å²) < 4.78 is 1.63. The third-order valence-corrected chi connectivity index (χ3v) is 4.08. The Bertz CT molecular complexity index is 812. The van der Waals surface area contributed by atoms with Gasteiger partial charge in [-0.3, -0.25) is 0 Å². The lowest BCUT2D eigenvalue weighted by atomic mass is 9.98. The van der Waals surface area contributed by atoms with Crippen molar-refractivity contribution in [2.45, 2.75) is 33.6 Å². The van der Waals surface area contributed by atoms with Crippen LogP contribution < -0.4 is 0 Å². The molecule has 3 aromatic rings. The van der Waals surface area contributed by atoms with Crippen molar-refractivity contribution < 1.29 is 5.11 Å². The van der Waals surface area contributed by atoms with E-state index >= 15 is 0 Å². The van der Waals surface area contributed by atoms with Crippen molar-refractivity contribution in [2.24, 2.45) is 0 Å². The normalized spacial score (nSPS) is 11.2. The monoisotopic (exact) mass is 306 g/mol. The van der Waals surface area contributed by atoms with Gasteiger partial charge in [-0.1, -0.05) is 61.4 Å². The summed E-state index contributed by atoms with van der Waals surface area (Å²) in [6, 6.07) is 16.3. The molecule has 0 radical (unpaired) electrons. The first-order valence-corrected chi connectivity index (χ1v) is 7.93. The van der Waals surface area contributed by atoms with Gasteiger partial charge < -0.3 is 5.11 Å². The van der Waals surface area contributed by atoms with Crippen LogP contribution in [-0.2, 0) is 0 Å². The van der Waals surface area contributed by atoms with Crippen LogP contribution in [0.4, 0.5) is 0 Å². The van der Waals surface area contributed by atoms with Crippen LogP contribution in [-0.4, -0.2) is 14.9 Å². The Kier molecular flexibility index (Phi) is 3.95. The number of nitrogens with zero attached hydrogens (tertiary/aromatic N) is 2. The van der Waals surface area contributed by atoms with Crippen molar-refractivity contribution in [1.29, 1.82) is 0 Å². The fraction of sp³-hybridized carbons (Fsp3) is 0.250. The molecule has 1 N–H and O–H groups in total. The van der Waals surface area contributed by atoms with Crippen molar-refractivity contribution in [3.05, 3.63) is 65.2 Å². The van der Waals surface area contributed by atoms with Crippen molar-refractivity contribution in [3.63, 3.8) is 0 Å². The van der Waals surface area contributed by atoms with E-state index in [1.165, 1.54) is 11.1 Å². The largest absolute Gasteiger partial charge is 0.493 e. The summed E-state index contributed by atoms with van der Waals surface area (Å²) in [4.78, 5) is 0. The fourth-order valence-electron chi connectivity index (χ4n) is 2.74. The molecule has 0 aliphatic heterocycles. The molecule has 3 heteroatoms. The first kappa shape index (κ1) is 15.3. The highest BCUT2D eigenvalue weighted by atomic mass is 16.3. The molecule has 23 heavy (non-hydrogen) atoms. The molecular weight excluding hydrogens is 284 g/mol. The van der Waals surface area contributed by atoms with Gasteiger partial charge in [-0.25, -0.2) is 4.68 Å². The number of benzene rings is 2. The summed E-state index contributed by atoms with van der Waals surface area (Å²) in [5.74, 6) is 0.407. The van der Waals surface area contributed by atoms with Crippen molar-refractivity contribution in [3.8, 4) is 22.8 Å². The minimum Gasteiger partial charge on any atom is -0.493 e. The Morgan fingerprint density at radius 1 is 0.870 bits per heavy atom. The Hall–Kier alpha value is -2.55. The van der Waals surface area contributed by atoms with Gasteiger partial charge in [0.05, 0.1) is 5.69 Å². The highest BCUT2D eigenvalue weighted by Crippen LogP contribution is 2.36.